The van der Waals surface area contributed by atoms with Gasteiger partial charge in [-0.15, -0.1) is 0 Å². The molecular formula is C19H20N4O3. The van der Waals surface area contributed by atoms with Crippen LogP contribution in [0.2, 0.25) is 0 Å². The maximum Gasteiger partial charge on any atom is 0.251 e. The molecule has 1 amide bonds. The lowest BCUT2D eigenvalue weighted by Crippen LogP contribution is -2.23. The quantitative estimate of drug-likeness (QED) is 0.737. The van der Waals surface area contributed by atoms with Gasteiger partial charge in [0.15, 0.2) is 0 Å². The summed E-state index contributed by atoms with van der Waals surface area (Å²) < 4.78 is 12.2. The molecule has 2 heterocycles. The lowest BCUT2D eigenvalue weighted by atomic mass is 10.1. The molecule has 0 atom stereocenters. The molecule has 0 saturated heterocycles. The minimum Gasteiger partial charge on any atom is -0.497 e. The van der Waals surface area contributed by atoms with Gasteiger partial charge in [-0.3, -0.25) is 14.5 Å². The fourth-order valence-corrected chi connectivity index (χ4v) is 2.60. The zero-order valence-electron chi connectivity index (χ0n) is 14.9. The van der Waals surface area contributed by atoms with E-state index in [0.29, 0.717) is 23.6 Å². The van der Waals surface area contributed by atoms with Gasteiger partial charge in [0.25, 0.3) is 5.91 Å². The van der Waals surface area contributed by atoms with Gasteiger partial charge in [-0.2, -0.15) is 5.10 Å². The Bertz CT molecular complexity index is 898. The van der Waals surface area contributed by atoms with Gasteiger partial charge < -0.3 is 14.8 Å². The Kier molecular flexibility index (Phi) is 5.17. The number of hydrogen-bond donors (Lipinski definition) is 1. The topological polar surface area (TPSA) is 78.3 Å². The van der Waals surface area contributed by atoms with E-state index in [-0.39, 0.29) is 5.91 Å². The number of nitrogens with zero attached hydrogens (tertiary/aromatic N) is 3. The Hall–Kier alpha value is -3.35. The second-order valence-electron chi connectivity index (χ2n) is 5.71. The van der Waals surface area contributed by atoms with E-state index in [0.717, 1.165) is 16.8 Å². The van der Waals surface area contributed by atoms with E-state index in [1.807, 2.05) is 19.2 Å². The molecule has 7 heteroatoms. The van der Waals surface area contributed by atoms with Crippen molar-refractivity contribution >= 4 is 5.91 Å². The van der Waals surface area contributed by atoms with Crippen LogP contribution in [0.15, 0.2) is 48.9 Å². The highest BCUT2D eigenvalue weighted by Gasteiger charge is 2.10. The summed E-state index contributed by atoms with van der Waals surface area (Å²) in [5.41, 5.74) is 3.27. The van der Waals surface area contributed by atoms with E-state index >= 15 is 0 Å². The lowest BCUT2D eigenvalue weighted by molar-refractivity contribution is 0.0950. The van der Waals surface area contributed by atoms with Crippen LogP contribution in [0.5, 0.6) is 11.5 Å². The predicted molar refractivity (Wildman–Crippen MR) is 97.2 cm³/mol. The van der Waals surface area contributed by atoms with Crippen LogP contribution in [0.3, 0.4) is 0 Å². The fraction of sp³-hybridized carbons (Fsp3) is 0.211. The molecule has 0 bridgehead atoms. The summed E-state index contributed by atoms with van der Waals surface area (Å²) in [5.74, 6) is 0.914. The van der Waals surface area contributed by atoms with Crippen LogP contribution in [-0.2, 0) is 13.6 Å². The molecular weight excluding hydrogens is 332 g/mol. The number of aromatic nitrogens is 3. The van der Waals surface area contributed by atoms with E-state index in [1.54, 1.807) is 55.7 Å². The summed E-state index contributed by atoms with van der Waals surface area (Å²) in [4.78, 5) is 16.7. The molecule has 2 aromatic heterocycles. The number of nitrogens with one attached hydrogen (secondary N) is 1. The van der Waals surface area contributed by atoms with E-state index in [9.17, 15) is 4.79 Å². The average molecular weight is 352 g/mol. The van der Waals surface area contributed by atoms with Crippen molar-refractivity contribution in [3.63, 3.8) is 0 Å². The maximum atomic E-state index is 12.5. The average Bonchev–Trinajstić information content (AvgIpc) is 3.11. The molecule has 7 nitrogen and oxygen atoms in total. The first-order valence-electron chi connectivity index (χ1n) is 8.04. The Labute approximate surface area is 151 Å². The Morgan fingerprint density at radius 3 is 2.46 bits per heavy atom. The maximum absolute atomic E-state index is 12.5. The predicted octanol–water partition coefficient (Wildman–Crippen LogP) is 2.43. The van der Waals surface area contributed by atoms with Crippen molar-refractivity contribution in [3.05, 3.63) is 60.0 Å². The third-order valence-corrected chi connectivity index (χ3v) is 3.98. The van der Waals surface area contributed by atoms with Gasteiger partial charge in [-0.1, -0.05) is 0 Å². The molecule has 26 heavy (non-hydrogen) atoms. The molecule has 0 saturated carbocycles. The number of benzene rings is 1. The third-order valence-electron chi connectivity index (χ3n) is 3.98. The van der Waals surface area contributed by atoms with Crippen molar-refractivity contribution in [2.24, 2.45) is 7.05 Å². The SMILES string of the molecule is COc1cc(OC)cc(C(=O)NCc2cncc(-c3ccnn3C)c2)c1. The van der Waals surface area contributed by atoms with E-state index < -0.39 is 0 Å². The molecule has 1 N–H and O–H groups in total. The first-order chi connectivity index (χ1) is 12.6. The number of methoxy groups -OCH3 is 2. The Morgan fingerprint density at radius 2 is 1.85 bits per heavy atom. The molecule has 0 aliphatic heterocycles. The molecule has 0 radical (unpaired) electrons. The molecule has 0 spiro atoms. The summed E-state index contributed by atoms with van der Waals surface area (Å²) in [6.45, 7) is 0.358. The Morgan fingerprint density at radius 1 is 1.12 bits per heavy atom. The fourth-order valence-electron chi connectivity index (χ4n) is 2.60. The van der Waals surface area contributed by atoms with Crippen LogP contribution < -0.4 is 14.8 Å². The minimum atomic E-state index is -0.215. The van der Waals surface area contributed by atoms with Crippen LogP contribution in [0.25, 0.3) is 11.3 Å². The monoisotopic (exact) mass is 352 g/mol. The van der Waals surface area contributed by atoms with Gasteiger partial charge in [-0.25, -0.2) is 0 Å². The second kappa shape index (κ2) is 7.69. The van der Waals surface area contributed by atoms with Gasteiger partial charge >= 0.3 is 0 Å². The molecule has 0 fully saturated rings. The number of amides is 1. The highest BCUT2D eigenvalue weighted by molar-refractivity contribution is 5.95. The number of ether oxygens (including phenoxy) is 2. The molecule has 0 unspecified atom stereocenters. The number of rotatable bonds is 6. The van der Waals surface area contributed by atoms with Gasteiger partial charge in [0.05, 0.1) is 19.9 Å². The van der Waals surface area contributed by atoms with Crippen LogP contribution in [0.1, 0.15) is 15.9 Å². The largest absolute Gasteiger partial charge is 0.497 e. The number of pyridine rings is 1. The summed E-state index contributed by atoms with van der Waals surface area (Å²) in [6, 6.07) is 8.96. The van der Waals surface area contributed by atoms with E-state index in [4.69, 9.17) is 9.47 Å². The van der Waals surface area contributed by atoms with Crippen LogP contribution >= 0.6 is 0 Å². The normalized spacial score (nSPS) is 10.4. The zero-order chi connectivity index (χ0) is 18.5. The molecule has 0 aliphatic carbocycles. The molecule has 3 aromatic rings. The van der Waals surface area contributed by atoms with E-state index in [2.05, 4.69) is 15.4 Å². The van der Waals surface area contributed by atoms with Gasteiger partial charge in [0.2, 0.25) is 0 Å². The van der Waals surface area contributed by atoms with Gasteiger partial charge in [0, 0.05) is 49.4 Å². The number of carbonyl (C=O) groups excluding carboxylic acids is 1. The van der Waals surface area contributed by atoms with Crippen LogP contribution in [0.4, 0.5) is 0 Å². The second-order valence-corrected chi connectivity index (χ2v) is 5.71. The Balaban J connectivity index is 1.73. The number of carbonyl (C=O) groups is 1. The van der Waals surface area contributed by atoms with Crippen molar-refractivity contribution in [2.45, 2.75) is 6.54 Å². The smallest absolute Gasteiger partial charge is 0.251 e. The molecule has 3 rings (SSSR count). The van der Waals surface area contributed by atoms with Crippen LogP contribution in [-0.4, -0.2) is 34.9 Å². The molecule has 0 aliphatic rings. The van der Waals surface area contributed by atoms with Gasteiger partial charge in [-0.05, 0) is 29.8 Å². The molecule has 1 aromatic carbocycles. The minimum absolute atomic E-state index is 0.215. The molecule has 134 valence electrons. The summed E-state index contributed by atoms with van der Waals surface area (Å²) in [6.07, 6.45) is 5.24. The number of hydrogen-bond acceptors (Lipinski definition) is 5. The standard InChI is InChI=1S/C19H20N4O3/c1-23-18(4-5-22-23)15-6-13(10-20-12-15)11-21-19(24)14-7-16(25-2)9-17(8-14)26-3/h4-10,12H,11H2,1-3H3,(H,21,24). The first-order valence-corrected chi connectivity index (χ1v) is 8.04. The highest BCUT2D eigenvalue weighted by atomic mass is 16.5. The van der Waals surface area contributed by atoms with Crippen molar-refractivity contribution in [3.8, 4) is 22.8 Å². The van der Waals surface area contributed by atoms with Crippen molar-refractivity contribution in [1.82, 2.24) is 20.1 Å². The van der Waals surface area contributed by atoms with E-state index in [1.165, 1.54) is 0 Å². The van der Waals surface area contributed by atoms with Crippen LogP contribution in [0, 0.1) is 0 Å². The summed E-state index contributed by atoms with van der Waals surface area (Å²) >= 11 is 0. The van der Waals surface area contributed by atoms with Gasteiger partial charge in [0.1, 0.15) is 11.5 Å². The third kappa shape index (κ3) is 3.83. The summed E-state index contributed by atoms with van der Waals surface area (Å²) in [7, 11) is 4.97. The number of aryl methyl sites for hydroxylation is 1. The van der Waals surface area contributed by atoms with Crippen molar-refractivity contribution in [1.29, 1.82) is 0 Å². The summed E-state index contributed by atoms with van der Waals surface area (Å²) in [5, 5.41) is 7.06. The highest BCUT2D eigenvalue weighted by Crippen LogP contribution is 2.22. The van der Waals surface area contributed by atoms with Crippen molar-refractivity contribution in [2.75, 3.05) is 14.2 Å². The lowest BCUT2D eigenvalue weighted by Gasteiger charge is -2.10. The van der Waals surface area contributed by atoms with Crippen molar-refractivity contribution < 1.29 is 14.3 Å². The zero-order valence-corrected chi connectivity index (χ0v) is 14.9. The first kappa shape index (κ1) is 17.5.